The van der Waals surface area contributed by atoms with E-state index in [0.717, 1.165) is 12.8 Å². The maximum absolute atomic E-state index is 2.97. The molecule has 0 fully saturated rings. The molecule has 4 rings (SSSR count). The van der Waals surface area contributed by atoms with Gasteiger partial charge < -0.3 is 24.8 Å². The van der Waals surface area contributed by atoms with Crippen LogP contribution in [0.3, 0.4) is 0 Å². The summed E-state index contributed by atoms with van der Waals surface area (Å²) in [6, 6.07) is 26.0. The van der Waals surface area contributed by atoms with E-state index in [2.05, 4.69) is 96.9 Å². The van der Waals surface area contributed by atoms with E-state index >= 15 is 0 Å². The van der Waals surface area contributed by atoms with Crippen LogP contribution in [0.4, 0.5) is 0 Å². The van der Waals surface area contributed by atoms with E-state index in [9.17, 15) is 0 Å². The zero-order valence-electron chi connectivity index (χ0n) is 18.1. The summed E-state index contributed by atoms with van der Waals surface area (Å²) in [7, 11) is 2.97. The molecule has 4 heteroatoms. The van der Waals surface area contributed by atoms with Gasteiger partial charge in [0.1, 0.15) is 0 Å². The van der Waals surface area contributed by atoms with Crippen LogP contribution < -0.4 is 24.8 Å². The summed E-state index contributed by atoms with van der Waals surface area (Å²) in [6.45, 7) is 10.2. The molecule has 4 aromatic carbocycles. The molecule has 4 aromatic rings. The maximum atomic E-state index is 2.97. The number of hydrogen-bond donors (Lipinski definition) is 0. The van der Waals surface area contributed by atoms with E-state index in [1.54, 1.807) is 6.55 Å². The first kappa shape index (κ1) is 33.0. The Bertz CT molecular complexity index is 740. The largest absolute Gasteiger partial charge is 4.00 e. The Morgan fingerprint density at radius 2 is 0.966 bits per heavy atom. The quantitative estimate of drug-likeness (QED) is 0.277. The van der Waals surface area contributed by atoms with Gasteiger partial charge in [-0.15, -0.1) is 81.2 Å². The van der Waals surface area contributed by atoms with Crippen LogP contribution in [-0.2, 0) is 39.0 Å². The summed E-state index contributed by atoms with van der Waals surface area (Å²) in [5, 5.41) is 5.46. The van der Waals surface area contributed by atoms with Gasteiger partial charge in [-0.25, -0.2) is 0 Å². The Balaban J connectivity index is -0.000000366. The zero-order chi connectivity index (χ0) is 19.4. The predicted molar refractivity (Wildman–Crippen MR) is 121 cm³/mol. The normalized spacial score (nSPS) is 8.48. The van der Waals surface area contributed by atoms with Crippen LogP contribution in [0.5, 0.6) is 0 Å². The van der Waals surface area contributed by atoms with Crippen molar-refractivity contribution in [3.05, 3.63) is 83.9 Å². The van der Waals surface area contributed by atoms with Crippen molar-refractivity contribution in [2.75, 3.05) is 0 Å². The van der Waals surface area contributed by atoms with E-state index < -0.39 is 0 Å². The van der Waals surface area contributed by atoms with Gasteiger partial charge in [-0.3, -0.25) is 0 Å². The van der Waals surface area contributed by atoms with Crippen molar-refractivity contribution in [1.29, 1.82) is 0 Å². The molecular formula is C25H31Cl2SiZr. The predicted octanol–water partition coefficient (Wildman–Crippen LogP) is 1.48. The monoisotopic (exact) mass is 519 g/mol. The minimum atomic E-state index is 0. The van der Waals surface area contributed by atoms with Gasteiger partial charge in [0, 0.05) is 10.2 Å². The number of rotatable bonds is 2. The minimum absolute atomic E-state index is 0. The van der Waals surface area contributed by atoms with E-state index in [0.29, 0.717) is 0 Å². The molecule has 0 bridgehead atoms. The van der Waals surface area contributed by atoms with Crippen molar-refractivity contribution in [3.8, 4) is 0 Å². The maximum Gasteiger partial charge on any atom is 4.00 e. The second kappa shape index (κ2) is 19.3. The van der Waals surface area contributed by atoms with Crippen molar-refractivity contribution in [3.63, 3.8) is 0 Å². The molecule has 0 saturated heterocycles. The summed E-state index contributed by atoms with van der Waals surface area (Å²) < 4.78 is 0. The smallest absolute Gasteiger partial charge is 1.00 e. The zero-order valence-corrected chi connectivity index (χ0v) is 23.1. The van der Waals surface area contributed by atoms with E-state index in [1.165, 1.54) is 32.7 Å². The van der Waals surface area contributed by atoms with Crippen LogP contribution in [0.1, 0.15) is 38.8 Å². The summed E-state index contributed by atoms with van der Waals surface area (Å²) >= 11 is 0. The summed E-state index contributed by atoms with van der Waals surface area (Å²) in [5.41, 5.74) is 2.87. The van der Waals surface area contributed by atoms with E-state index in [4.69, 9.17) is 0 Å². The second-order valence-electron chi connectivity index (χ2n) is 5.69. The minimum Gasteiger partial charge on any atom is -1.00 e. The van der Waals surface area contributed by atoms with Gasteiger partial charge >= 0.3 is 26.2 Å². The van der Waals surface area contributed by atoms with Gasteiger partial charge in [-0.05, 0) is 12.8 Å². The average molecular weight is 522 g/mol. The molecule has 0 saturated carbocycles. The Morgan fingerprint density at radius 3 is 1.24 bits per heavy atom. The fraction of sp³-hybridized carbons (Fsp3) is 0.280. The fourth-order valence-electron chi connectivity index (χ4n) is 2.84. The van der Waals surface area contributed by atoms with Crippen molar-refractivity contribution in [1.82, 2.24) is 0 Å². The van der Waals surface area contributed by atoms with Gasteiger partial charge in [0.05, 0.1) is 0 Å². The molecule has 0 aliphatic rings. The number of hydrogen-bond acceptors (Lipinski definition) is 0. The SMILES string of the molecule is CC.CCc1cc2ccccc2[cH-]1.CCc1cc2ccccc2[cH-]1.C[Si].[Cl-].[Cl-].[Zr+4]. The first-order valence-corrected chi connectivity index (χ1v) is 10.6. The van der Waals surface area contributed by atoms with Crippen molar-refractivity contribution in [2.24, 2.45) is 0 Å². The van der Waals surface area contributed by atoms with Gasteiger partial charge in [0.15, 0.2) is 0 Å². The Labute approximate surface area is 212 Å². The molecular weight excluding hydrogens is 490 g/mol. The second-order valence-corrected chi connectivity index (χ2v) is 5.69. The van der Waals surface area contributed by atoms with Crippen LogP contribution in [0.2, 0.25) is 6.55 Å². The topological polar surface area (TPSA) is 0 Å². The van der Waals surface area contributed by atoms with E-state index in [-0.39, 0.29) is 51.0 Å². The average Bonchev–Trinajstić information content (AvgIpc) is 3.34. The first-order chi connectivity index (χ1) is 12.8. The molecule has 0 atom stereocenters. The van der Waals surface area contributed by atoms with Crippen molar-refractivity contribution in [2.45, 2.75) is 47.1 Å². The first-order valence-electron chi connectivity index (χ1n) is 9.59. The molecule has 0 amide bonds. The van der Waals surface area contributed by atoms with Gasteiger partial charge in [0.2, 0.25) is 0 Å². The fourth-order valence-corrected chi connectivity index (χ4v) is 2.84. The summed E-state index contributed by atoms with van der Waals surface area (Å²) in [5.74, 6) is 0. The number of halogens is 2. The third-order valence-corrected chi connectivity index (χ3v) is 4.17. The number of aryl methyl sites for hydroxylation is 2. The van der Waals surface area contributed by atoms with E-state index in [1.807, 2.05) is 13.8 Å². The molecule has 0 unspecified atom stereocenters. The molecule has 0 heterocycles. The van der Waals surface area contributed by atoms with Crippen LogP contribution in [0, 0.1) is 0 Å². The van der Waals surface area contributed by atoms with Gasteiger partial charge in [-0.2, -0.15) is 12.1 Å². The van der Waals surface area contributed by atoms with Crippen molar-refractivity contribution < 1.29 is 51.0 Å². The Morgan fingerprint density at radius 1 is 0.655 bits per heavy atom. The molecule has 0 spiro atoms. The summed E-state index contributed by atoms with van der Waals surface area (Å²) in [6.07, 6.45) is 2.27. The van der Waals surface area contributed by atoms with Gasteiger partial charge in [0.25, 0.3) is 0 Å². The number of fused-ring (bicyclic) bond motifs is 2. The molecule has 0 N–H and O–H groups in total. The molecule has 0 aliphatic carbocycles. The van der Waals surface area contributed by atoms with Gasteiger partial charge in [-0.1, -0.05) is 46.4 Å². The van der Waals surface area contributed by atoms with Crippen LogP contribution in [-0.4, -0.2) is 10.2 Å². The Kier molecular flexibility index (Phi) is 22.0. The standard InChI is InChI=1S/2C11H11.C2H6.CH3Si.2ClH.Zr/c2*1-2-9-7-10-5-3-4-6-11(10)8-9;2*1-2;;;/h2*3-8H,2H2,1H3;1-2H3;1H3;2*1H;/q2*-1;;;;;+4/p-2. The van der Waals surface area contributed by atoms with Crippen LogP contribution >= 0.6 is 0 Å². The number of benzene rings is 2. The van der Waals surface area contributed by atoms with Crippen LogP contribution in [0.15, 0.2) is 72.8 Å². The Hall–Kier alpha value is -0.660. The molecule has 0 aromatic heterocycles. The molecule has 29 heavy (non-hydrogen) atoms. The molecule has 0 aliphatic heterocycles. The van der Waals surface area contributed by atoms with Crippen LogP contribution in [0.25, 0.3) is 21.5 Å². The third kappa shape index (κ3) is 10.3. The third-order valence-electron chi connectivity index (χ3n) is 4.17. The summed E-state index contributed by atoms with van der Waals surface area (Å²) in [4.78, 5) is 0. The molecule has 0 nitrogen and oxygen atoms in total. The van der Waals surface area contributed by atoms with Crippen molar-refractivity contribution >= 4 is 31.8 Å². The molecule has 153 valence electrons. The molecule has 3 radical (unpaired) electrons.